The van der Waals surface area contributed by atoms with Crippen molar-refractivity contribution < 1.29 is 48.4 Å². The van der Waals surface area contributed by atoms with Crippen LogP contribution in [0.5, 0.6) is 0 Å². The number of fused-ring (bicyclic) bond motifs is 2. The zero-order chi connectivity index (χ0) is 29.6. The van der Waals surface area contributed by atoms with Gasteiger partial charge < -0.3 is 46.1 Å². The van der Waals surface area contributed by atoms with Crippen LogP contribution in [0.3, 0.4) is 0 Å². The number of hydrogen-bond acceptors (Lipinski definition) is 9. The van der Waals surface area contributed by atoms with E-state index in [1.807, 2.05) is 0 Å². The van der Waals surface area contributed by atoms with Gasteiger partial charge in [0.1, 0.15) is 12.1 Å². The van der Waals surface area contributed by atoms with Crippen LogP contribution >= 0.6 is 0 Å². The van der Waals surface area contributed by atoms with Gasteiger partial charge in [-0.1, -0.05) is 0 Å². The first-order valence-electron chi connectivity index (χ1n) is 12.8. The lowest BCUT2D eigenvalue weighted by molar-refractivity contribution is -0.140. The number of nitrogens with zero attached hydrogens (tertiary/aromatic N) is 1. The number of carboxylic acid groups (broad SMARTS) is 1. The first kappa shape index (κ1) is 28.3. The molecule has 0 unspecified atom stereocenters. The largest absolute Gasteiger partial charge is 0.491 e. The second kappa shape index (κ2) is 11.0. The summed E-state index contributed by atoms with van der Waals surface area (Å²) in [5.74, 6) is -4.45. The maximum atomic E-state index is 14.1. The second-order valence-electron chi connectivity index (χ2n) is 10.1. The topological polar surface area (TPSA) is 232 Å². The molecule has 1 saturated heterocycles. The van der Waals surface area contributed by atoms with Crippen LogP contribution in [0.4, 0.5) is 0 Å². The summed E-state index contributed by atoms with van der Waals surface area (Å²) >= 11 is 0. The summed E-state index contributed by atoms with van der Waals surface area (Å²) < 4.78 is 10.7. The number of hydrogen-bond donors (Lipinski definition) is 6. The molecule has 2 aromatic carbocycles. The summed E-state index contributed by atoms with van der Waals surface area (Å²) in [6.45, 7) is 0.219. The maximum Gasteiger partial charge on any atom is 0.491 e. The average Bonchev–Trinajstić information content (AvgIpc) is 3.65. The Bertz CT molecular complexity index is 1480. The molecule has 4 amide bonds. The second-order valence-corrected chi connectivity index (χ2v) is 10.1. The van der Waals surface area contributed by atoms with Crippen molar-refractivity contribution in [2.24, 2.45) is 11.5 Å². The summed E-state index contributed by atoms with van der Waals surface area (Å²) in [4.78, 5) is 63.5. The summed E-state index contributed by atoms with van der Waals surface area (Å²) in [6, 6.07) is 3.52. The predicted octanol–water partition coefficient (Wildman–Crippen LogP) is -3.06. The molecule has 0 radical (unpaired) electrons. The number of carboxylic acids is 1. The fourth-order valence-electron chi connectivity index (χ4n) is 5.49. The van der Waals surface area contributed by atoms with Crippen molar-refractivity contribution in [1.29, 1.82) is 0 Å². The van der Waals surface area contributed by atoms with E-state index in [0.29, 0.717) is 39.6 Å². The molecule has 1 fully saturated rings. The molecule has 0 aliphatic carbocycles. The molecule has 0 spiro atoms. The van der Waals surface area contributed by atoms with Gasteiger partial charge in [0.15, 0.2) is 0 Å². The van der Waals surface area contributed by atoms with Gasteiger partial charge in [0.05, 0.1) is 19.6 Å². The normalized spacial score (nSPS) is 18.2. The van der Waals surface area contributed by atoms with Crippen LogP contribution in [-0.2, 0) is 36.9 Å². The lowest BCUT2D eigenvalue weighted by Gasteiger charge is -2.27. The molecule has 14 nitrogen and oxygen atoms in total. The first-order chi connectivity index (χ1) is 19.5. The Kier molecular flexibility index (Phi) is 7.57. The number of likely N-dealkylation sites (tertiary alicyclic amines) is 1. The van der Waals surface area contributed by atoms with Gasteiger partial charge in [0.25, 0.3) is 5.91 Å². The van der Waals surface area contributed by atoms with E-state index in [-0.39, 0.29) is 37.3 Å². The van der Waals surface area contributed by atoms with Crippen LogP contribution in [0, 0.1) is 0 Å². The van der Waals surface area contributed by atoms with E-state index in [4.69, 9.17) is 25.9 Å². The number of benzene rings is 2. The summed E-state index contributed by atoms with van der Waals surface area (Å²) in [5.41, 5.74) is 13.5. The Labute approximate surface area is 233 Å². The fourth-order valence-corrected chi connectivity index (χ4v) is 5.49. The van der Waals surface area contributed by atoms with E-state index in [0.717, 1.165) is 0 Å². The highest BCUT2D eigenvalue weighted by atomic mass is 16.5. The minimum Gasteiger partial charge on any atom is -0.481 e. The van der Waals surface area contributed by atoms with E-state index in [2.05, 4.69) is 5.32 Å². The summed E-state index contributed by atoms with van der Waals surface area (Å²) in [5, 5.41) is 32.1. The molecule has 5 rings (SSSR count). The van der Waals surface area contributed by atoms with Crippen LogP contribution in [0.15, 0.2) is 24.3 Å². The van der Waals surface area contributed by atoms with Gasteiger partial charge in [0, 0.05) is 17.7 Å². The van der Waals surface area contributed by atoms with Crippen molar-refractivity contribution >= 4 is 54.8 Å². The number of primary amides is 2. The highest BCUT2D eigenvalue weighted by Crippen LogP contribution is 2.34. The molecule has 0 bridgehead atoms. The summed E-state index contributed by atoms with van der Waals surface area (Å²) in [7, 11) is -2.60. The van der Waals surface area contributed by atoms with Crippen LogP contribution in [0.25, 0.3) is 11.1 Å². The van der Waals surface area contributed by atoms with Crippen LogP contribution in [-0.4, -0.2) is 82.5 Å². The predicted molar refractivity (Wildman–Crippen MR) is 143 cm³/mol. The monoisotopic (exact) mass is 564 g/mol. The molecular weight excluding hydrogens is 538 g/mol. The lowest BCUT2D eigenvalue weighted by atomic mass is 9.74. The van der Waals surface area contributed by atoms with Gasteiger partial charge in [-0.2, -0.15) is 0 Å². The van der Waals surface area contributed by atoms with E-state index in [1.165, 1.54) is 23.1 Å². The minimum absolute atomic E-state index is 0.0124. The van der Waals surface area contributed by atoms with Crippen molar-refractivity contribution in [2.45, 2.75) is 44.6 Å². The molecule has 8 N–H and O–H groups in total. The average molecular weight is 564 g/mol. The summed E-state index contributed by atoms with van der Waals surface area (Å²) in [6.07, 6.45) is -0.0266. The van der Waals surface area contributed by atoms with Crippen LogP contribution < -0.4 is 27.7 Å². The molecule has 41 heavy (non-hydrogen) atoms. The zero-order valence-electron chi connectivity index (χ0n) is 21.7. The third kappa shape index (κ3) is 5.29. The molecule has 3 aliphatic heterocycles. The smallest absolute Gasteiger partial charge is 0.481 e. The Hall–Kier alpha value is -4.24. The number of carbonyl (C=O) groups excluding carboxylic acids is 4. The third-order valence-corrected chi connectivity index (χ3v) is 7.54. The fraction of sp³-hybridized carbons (Fsp3) is 0.320. The van der Waals surface area contributed by atoms with Gasteiger partial charge in [-0.05, 0) is 70.3 Å². The molecule has 16 heteroatoms. The van der Waals surface area contributed by atoms with Crippen molar-refractivity contribution in [3.63, 3.8) is 0 Å². The van der Waals surface area contributed by atoms with E-state index in [1.54, 1.807) is 6.07 Å². The van der Waals surface area contributed by atoms with E-state index >= 15 is 0 Å². The molecular formula is C25H26B2N4O10. The van der Waals surface area contributed by atoms with Gasteiger partial charge in [-0.15, -0.1) is 0 Å². The molecule has 0 saturated carbocycles. The highest BCUT2D eigenvalue weighted by Gasteiger charge is 2.39. The minimum atomic E-state index is -1.47. The molecule has 2 aromatic rings. The molecule has 3 aliphatic rings. The molecule has 2 atom stereocenters. The number of amides is 4. The molecule has 212 valence electrons. The van der Waals surface area contributed by atoms with E-state index < -0.39 is 62.3 Å². The number of nitrogens with two attached hydrogens (primary N) is 2. The Balaban J connectivity index is 1.57. The zero-order valence-corrected chi connectivity index (χ0v) is 21.7. The quantitative estimate of drug-likeness (QED) is 0.177. The number of rotatable bonds is 8. The van der Waals surface area contributed by atoms with Gasteiger partial charge in [-0.25, -0.2) is 0 Å². The van der Waals surface area contributed by atoms with Gasteiger partial charge in [0.2, 0.25) is 17.7 Å². The number of aliphatic carboxylic acids is 1. The Morgan fingerprint density at radius 3 is 2.39 bits per heavy atom. The third-order valence-electron chi connectivity index (χ3n) is 7.54. The van der Waals surface area contributed by atoms with Gasteiger partial charge in [-0.3, -0.25) is 24.0 Å². The van der Waals surface area contributed by atoms with E-state index in [9.17, 15) is 34.0 Å². The van der Waals surface area contributed by atoms with Crippen molar-refractivity contribution in [1.82, 2.24) is 10.2 Å². The van der Waals surface area contributed by atoms with Crippen molar-refractivity contribution in [3.05, 3.63) is 46.5 Å². The number of carbonyl (C=O) groups is 5. The highest BCUT2D eigenvalue weighted by molar-refractivity contribution is 6.62. The standard InChI is InChI=1S/C25H26B2N4O10/c28-22(34)11-4-14(16-10-41-27(39)18(16)6-11)13-5-12-9-40-26(38)17(12)7-15(13)25(37)31-3-1-2-20(31)24(36)30-19(23(29)35)8-21(32)33/h4-7,19-20,38-39H,1-3,8-10H2,(H2,28,34)(H2,29,35)(H,30,36)(H,32,33)/t19-,20-/m0/s1. The first-order valence-corrected chi connectivity index (χ1v) is 12.8. The van der Waals surface area contributed by atoms with Crippen molar-refractivity contribution in [3.8, 4) is 11.1 Å². The van der Waals surface area contributed by atoms with Gasteiger partial charge >= 0.3 is 20.2 Å². The maximum absolute atomic E-state index is 14.1. The number of nitrogens with one attached hydrogen (secondary N) is 1. The van der Waals surface area contributed by atoms with Crippen molar-refractivity contribution in [2.75, 3.05) is 6.54 Å². The van der Waals surface area contributed by atoms with Crippen LogP contribution in [0.1, 0.15) is 51.1 Å². The van der Waals surface area contributed by atoms with Crippen LogP contribution in [0.2, 0.25) is 0 Å². The Morgan fingerprint density at radius 1 is 1.00 bits per heavy atom. The SMILES string of the molecule is NC(=O)c1cc2c(c(-c3cc4c(cc3C(=O)N3CCC[C@H]3C(=O)N[C@@H](CC(=O)O)C(N)=O)B(O)OC4)c1)COB2O. The Morgan fingerprint density at radius 2 is 1.71 bits per heavy atom. The molecule has 3 heterocycles. The lowest BCUT2D eigenvalue weighted by Crippen LogP contribution is -2.53. The molecule has 0 aromatic heterocycles.